The van der Waals surface area contributed by atoms with E-state index in [9.17, 15) is 4.79 Å². The van der Waals surface area contributed by atoms with Gasteiger partial charge >= 0.3 is 0 Å². The molecule has 0 saturated carbocycles. The van der Waals surface area contributed by atoms with Crippen LogP contribution in [0.25, 0.3) is 0 Å². The molecule has 1 heterocycles. The molecule has 0 bridgehead atoms. The van der Waals surface area contributed by atoms with Gasteiger partial charge < -0.3 is 4.74 Å². The van der Waals surface area contributed by atoms with Crippen LogP contribution in [0.1, 0.15) is 23.0 Å². The van der Waals surface area contributed by atoms with Crippen LogP contribution in [0, 0.1) is 6.92 Å². The summed E-state index contributed by atoms with van der Waals surface area (Å²) in [4.78, 5) is 15.5. The van der Waals surface area contributed by atoms with E-state index in [1.807, 2.05) is 19.1 Å². The molecule has 0 saturated heterocycles. The fraction of sp³-hybridized carbons (Fsp3) is 0.143. The molecule has 0 fully saturated rings. The summed E-state index contributed by atoms with van der Waals surface area (Å²) in [6, 6.07) is 8.97. The van der Waals surface area contributed by atoms with Crippen LogP contribution in [0.3, 0.4) is 0 Å². The Bertz CT molecular complexity index is 596. The lowest BCUT2D eigenvalue weighted by atomic mass is 10.1. The second kappa shape index (κ2) is 5.31. The first kappa shape index (κ1) is 12.8. The number of Topliss-reactive ketones (excluding diaryl/α,β-unsaturated/α-hetero) is 1. The van der Waals surface area contributed by atoms with Gasteiger partial charge in [-0.2, -0.15) is 0 Å². The molecule has 92 valence electrons. The summed E-state index contributed by atoms with van der Waals surface area (Å²) in [5, 5.41) is 0. The number of pyridine rings is 1. The second-order valence-electron chi connectivity index (χ2n) is 3.89. The van der Waals surface area contributed by atoms with Gasteiger partial charge in [-0.3, -0.25) is 9.78 Å². The van der Waals surface area contributed by atoms with Crippen LogP contribution in [0.5, 0.6) is 11.5 Å². The molecule has 18 heavy (non-hydrogen) atoms. The number of halogens is 1. The summed E-state index contributed by atoms with van der Waals surface area (Å²) in [5.74, 6) is 1.40. The number of ketones is 1. The average Bonchev–Trinajstić information content (AvgIpc) is 2.32. The maximum Gasteiger partial charge on any atom is 0.160 e. The normalized spacial score (nSPS) is 10.2. The Morgan fingerprint density at radius 1 is 1.33 bits per heavy atom. The minimum atomic E-state index is 0.0194. The van der Waals surface area contributed by atoms with E-state index in [4.69, 9.17) is 4.74 Å². The van der Waals surface area contributed by atoms with Crippen molar-refractivity contribution < 1.29 is 9.53 Å². The van der Waals surface area contributed by atoms with Crippen LogP contribution in [-0.2, 0) is 0 Å². The van der Waals surface area contributed by atoms with Gasteiger partial charge in [0.25, 0.3) is 0 Å². The molecule has 1 aromatic carbocycles. The number of hydrogen-bond acceptors (Lipinski definition) is 3. The lowest BCUT2D eigenvalue weighted by Crippen LogP contribution is -1.95. The number of benzene rings is 1. The summed E-state index contributed by atoms with van der Waals surface area (Å²) in [5.41, 5.74) is 1.47. The minimum Gasteiger partial charge on any atom is -0.455 e. The smallest absolute Gasteiger partial charge is 0.160 e. The first-order valence-electron chi connectivity index (χ1n) is 5.48. The van der Waals surface area contributed by atoms with E-state index < -0.39 is 0 Å². The van der Waals surface area contributed by atoms with E-state index in [-0.39, 0.29) is 5.78 Å². The van der Waals surface area contributed by atoms with Crippen molar-refractivity contribution in [3.8, 4) is 11.5 Å². The molecule has 0 aliphatic carbocycles. The van der Waals surface area contributed by atoms with Crippen LogP contribution in [0.15, 0.2) is 41.0 Å². The van der Waals surface area contributed by atoms with E-state index >= 15 is 0 Å². The van der Waals surface area contributed by atoms with Gasteiger partial charge in [0.15, 0.2) is 5.78 Å². The molecule has 2 aromatic rings. The van der Waals surface area contributed by atoms with Crippen molar-refractivity contribution in [2.75, 3.05) is 0 Å². The Kier molecular flexibility index (Phi) is 3.77. The lowest BCUT2D eigenvalue weighted by molar-refractivity contribution is 0.101. The summed E-state index contributed by atoms with van der Waals surface area (Å²) in [7, 11) is 0. The van der Waals surface area contributed by atoms with Gasteiger partial charge in [-0.25, -0.2) is 0 Å². The van der Waals surface area contributed by atoms with Crippen molar-refractivity contribution >= 4 is 21.7 Å². The van der Waals surface area contributed by atoms with Gasteiger partial charge in [-0.1, -0.05) is 0 Å². The molecule has 0 aliphatic rings. The van der Waals surface area contributed by atoms with E-state index in [1.54, 1.807) is 24.4 Å². The van der Waals surface area contributed by atoms with E-state index in [2.05, 4.69) is 20.9 Å². The third-order valence-corrected chi connectivity index (χ3v) is 3.16. The fourth-order valence-electron chi connectivity index (χ4n) is 1.55. The van der Waals surface area contributed by atoms with Gasteiger partial charge in [-0.15, -0.1) is 0 Å². The van der Waals surface area contributed by atoms with Crippen molar-refractivity contribution in [2.45, 2.75) is 13.8 Å². The molecule has 0 spiro atoms. The Morgan fingerprint density at radius 2 is 2.11 bits per heavy atom. The predicted octanol–water partition coefficient (Wildman–Crippen LogP) is 4.15. The molecule has 0 N–H and O–H groups in total. The highest BCUT2D eigenvalue weighted by Gasteiger charge is 2.07. The SMILES string of the molecule is CC(=O)c1ccc(Oc2cccnc2C)cc1Br. The third kappa shape index (κ3) is 2.76. The lowest BCUT2D eigenvalue weighted by Gasteiger charge is -2.09. The summed E-state index contributed by atoms with van der Waals surface area (Å²) in [6.07, 6.45) is 1.72. The van der Waals surface area contributed by atoms with Gasteiger partial charge in [0, 0.05) is 16.2 Å². The standard InChI is InChI=1S/C14H12BrNO2/c1-9-14(4-3-7-16-9)18-11-5-6-12(10(2)17)13(15)8-11/h3-8H,1-2H3. The first-order valence-corrected chi connectivity index (χ1v) is 6.27. The highest BCUT2D eigenvalue weighted by molar-refractivity contribution is 9.10. The third-order valence-electron chi connectivity index (χ3n) is 2.51. The number of carbonyl (C=O) groups is 1. The number of nitrogens with zero attached hydrogens (tertiary/aromatic N) is 1. The molecule has 4 heteroatoms. The van der Waals surface area contributed by atoms with Crippen molar-refractivity contribution in [3.63, 3.8) is 0 Å². The molecular formula is C14H12BrNO2. The fourth-order valence-corrected chi connectivity index (χ4v) is 2.19. The number of hydrogen-bond donors (Lipinski definition) is 0. The first-order chi connectivity index (χ1) is 8.58. The molecule has 0 unspecified atom stereocenters. The van der Waals surface area contributed by atoms with Crippen LogP contribution in [-0.4, -0.2) is 10.8 Å². The van der Waals surface area contributed by atoms with E-state index in [1.165, 1.54) is 6.92 Å². The molecule has 1 aromatic heterocycles. The zero-order valence-corrected chi connectivity index (χ0v) is 11.7. The van der Waals surface area contributed by atoms with Gasteiger partial charge in [0.2, 0.25) is 0 Å². The number of aryl methyl sites for hydroxylation is 1. The van der Waals surface area contributed by atoms with Gasteiger partial charge in [0.1, 0.15) is 11.5 Å². The van der Waals surface area contributed by atoms with Crippen molar-refractivity contribution in [2.24, 2.45) is 0 Å². The molecule has 0 amide bonds. The summed E-state index contributed by atoms with van der Waals surface area (Å²) >= 11 is 3.36. The minimum absolute atomic E-state index is 0.0194. The number of rotatable bonds is 3. The zero-order valence-electron chi connectivity index (χ0n) is 10.1. The monoisotopic (exact) mass is 305 g/mol. The van der Waals surface area contributed by atoms with Crippen LogP contribution in [0.4, 0.5) is 0 Å². The molecule has 0 radical (unpaired) electrons. The molecule has 2 rings (SSSR count). The zero-order chi connectivity index (χ0) is 13.1. The Hall–Kier alpha value is -1.68. The maximum absolute atomic E-state index is 11.3. The van der Waals surface area contributed by atoms with E-state index in [0.29, 0.717) is 17.1 Å². The highest BCUT2D eigenvalue weighted by atomic mass is 79.9. The van der Waals surface area contributed by atoms with Gasteiger partial charge in [0.05, 0.1) is 5.69 Å². The van der Waals surface area contributed by atoms with Crippen molar-refractivity contribution in [3.05, 3.63) is 52.3 Å². The number of aromatic nitrogens is 1. The topological polar surface area (TPSA) is 39.2 Å². The van der Waals surface area contributed by atoms with Gasteiger partial charge in [-0.05, 0) is 60.1 Å². The second-order valence-corrected chi connectivity index (χ2v) is 4.74. The van der Waals surface area contributed by atoms with Crippen LogP contribution in [0.2, 0.25) is 0 Å². The van der Waals surface area contributed by atoms with Crippen LogP contribution >= 0.6 is 15.9 Å². The largest absolute Gasteiger partial charge is 0.455 e. The quantitative estimate of drug-likeness (QED) is 0.800. The summed E-state index contributed by atoms with van der Waals surface area (Å²) in [6.45, 7) is 3.42. The highest BCUT2D eigenvalue weighted by Crippen LogP contribution is 2.28. The molecule has 3 nitrogen and oxygen atoms in total. The van der Waals surface area contributed by atoms with Crippen molar-refractivity contribution in [1.29, 1.82) is 0 Å². The number of ether oxygens (including phenoxy) is 1. The Balaban J connectivity index is 2.29. The Labute approximate surface area is 114 Å². The predicted molar refractivity (Wildman–Crippen MR) is 73.2 cm³/mol. The van der Waals surface area contributed by atoms with E-state index in [0.717, 1.165) is 10.2 Å². The summed E-state index contributed by atoms with van der Waals surface area (Å²) < 4.78 is 6.45. The number of carbonyl (C=O) groups excluding carboxylic acids is 1. The average molecular weight is 306 g/mol. The Morgan fingerprint density at radius 3 is 2.72 bits per heavy atom. The van der Waals surface area contributed by atoms with Crippen LogP contribution < -0.4 is 4.74 Å². The van der Waals surface area contributed by atoms with Crippen molar-refractivity contribution in [1.82, 2.24) is 4.98 Å². The molecular weight excluding hydrogens is 294 g/mol. The molecule has 0 aliphatic heterocycles. The molecule has 0 atom stereocenters. The maximum atomic E-state index is 11.3.